The number of carbonyl (C=O) groups is 2. The lowest BCUT2D eigenvalue weighted by Gasteiger charge is -2.14. The molecule has 1 fully saturated rings. The minimum atomic E-state index is -1.00. The summed E-state index contributed by atoms with van der Waals surface area (Å²) in [7, 11) is 0. The highest BCUT2D eigenvalue weighted by Gasteiger charge is 2.31. The number of carboxylic acid groups (broad SMARTS) is 1. The summed E-state index contributed by atoms with van der Waals surface area (Å²) in [5, 5.41) is 8.48. The monoisotopic (exact) mass is 143 g/mol. The zero-order valence-corrected chi connectivity index (χ0v) is 5.70. The lowest BCUT2D eigenvalue weighted by atomic mass is 10.2. The van der Waals surface area contributed by atoms with Crippen LogP contribution in [0.1, 0.15) is 13.3 Å². The Labute approximate surface area is 58.4 Å². The van der Waals surface area contributed by atoms with E-state index in [0.717, 1.165) is 4.90 Å². The first-order valence-electron chi connectivity index (χ1n) is 3.15. The molecule has 1 aliphatic heterocycles. The molecule has 4 heteroatoms. The van der Waals surface area contributed by atoms with Crippen molar-refractivity contribution in [3.63, 3.8) is 0 Å². The topological polar surface area (TPSA) is 57.6 Å². The lowest BCUT2D eigenvalue weighted by Crippen LogP contribution is -2.34. The third-order valence-electron chi connectivity index (χ3n) is 1.78. The van der Waals surface area contributed by atoms with Crippen molar-refractivity contribution in [3.8, 4) is 0 Å². The molecule has 1 N–H and O–H groups in total. The second-order valence-corrected chi connectivity index (χ2v) is 2.37. The third-order valence-corrected chi connectivity index (χ3v) is 1.78. The molecule has 0 unspecified atom stereocenters. The molecule has 0 aromatic carbocycles. The summed E-state index contributed by atoms with van der Waals surface area (Å²) in [4.78, 5) is 22.3. The van der Waals surface area contributed by atoms with Crippen LogP contribution in [0.25, 0.3) is 0 Å². The Kier molecular flexibility index (Phi) is 1.61. The van der Waals surface area contributed by atoms with Gasteiger partial charge in [0.2, 0.25) is 0 Å². The normalized spacial score (nSPS) is 25.5. The molecule has 56 valence electrons. The summed E-state index contributed by atoms with van der Waals surface area (Å²) < 4.78 is 0. The van der Waals surface area contributed by atoms with E-state index in [0.29, 0.717) is 13.0 Å². The van der Waals surface area contributed by atoms with Crippen molar-refractivity contribution in [2.45, 2.75) is 19.4 Å². The van der Waals surface area contributed by atoms with Gasteiger partial charge in [0.25, 0.3) is 0 Å². The van der Waals surface area contributed by atoms with Crippen LogP contribution in [0, 0.1) is 0 Å². The highest BCUT2D eigenvalue weighted by atomic mass is 16.4. The van der Waals surface area contributed by atoms with Crippen molar-refractivity contribution in [1.82, 2.24) is 4.90 Å². The second-order valence-electron chi connectivity index (χ2n) is 2.37. The maximum atomic E-state index is 10.8. The minimum Gasteiger partial charge on any atom is -0.465 e. The van der Waals surface area contributed by atoms with E-state index >= 15 is 0 Å². The molecular weight excluding hydrogens is 134 g/mol. The molecule has 1 saturated heterocycles. The fraction of sp³-hybridized carbons (Fsp3) is 0.667. The Morgan fingerprint density at radius 2 is 2.40 bits per heavy atom. The summed E-state index contributed by atoms with van der Waals surface area (Å²) >= 11 is 0. The van der Waals surface area contributed by atoms with Gasteiger partial charge in [-0.1, -0.05) is 0 Å². The number of carbonyl (C=O) groups excluding carboxylic acids is 1. The van der Waals surface area contributed by atoms with E-state index in [4.69, 9.17) is 5.11 Å². The quantitative estimate of drug-likeness (QED) is 0.531. The molecule has 1 heterocycles. The Morgan fingerprint density at radius 3 is 2.60 bits per heavy atom. The van der Waals surface area contributed by atoms with Gasteiger partial charge in [0, 0.05) is 13.0 Å². The lowest BCUT2D eigenvalue weighted by molar-refractivity contribution is -0.119. The highest BCUT2D eigenvalue weighted by Crippen LogP contribution is 2.12. The van der Waals surface area contributed by atoms with Crippen molar-refractivity contribution < 1.29 is 14.7 Å². The first kappa shape index (κ1) is 7.05. The number of Topliss-reactive ketones (excluding diaryl/α,β-unsaturated/α-hetero) is 1. The zero-order valence-electron chi connectivity index (χ0n) is 5.70. The van der Waals surface area contributed by atoms with Crippen LogP contribution < -0.4 is 0 Å². The van der Waals surface area contributed by atoms with Gasteiger partial charge in [-0.3, -0.25) is 9.69 Å². The molecule has 0 aromatic heterocycles. The van der Waals surface area contributed by atoms with Crippen LogP contribution in [-0.2, 0) is 4.79 Å². The van der Waals surface area contributed by atoms with Crippen LogP contribution >= 0.6 is 0 Å². The molecular formula is C6H9NO3. The van der Waals surface area contributed by atoms with Gasteiger partial charge in [-0.25, -0.2) is 4.79 Å². The van der Waals surface area contributed by atoms with Gasteiger partial charge in [0.15, 0.2) is 5.78 Å². The number of amides is 1. The summed E-state index contributed by atoms with van der Waals surface area (Å²) in [6.45, 7) is 1.97. The van der Waals surface area contributed by atoms with Gasteiger partial charge in [0.05, 0.1) is 6.04 Å². The van der Waals surface area contributed by atoms with Crippen molar-refractivity contribution in [2.24, 2.45) is 0 Å². The van der Waals surface area contributed by atoms with Gasteiger partial charge in [-0.15, -0.1) is 0 Å². The number of nitrogens with zero attached hydrogens (tertiary/aromatic N) is 1. The van der Waals surface area contributed by atoms with Crippen LogP contribution in [0.15, 0.2) is 0 Å². The van der Waals surface area contributed by atoms with E-state index in [1.165, 1.54) is 0 Å². The molecule has 0 spiro atoms. The summed E-state index contributed by atoms with van der Waals surface area (Å²) in [5.74, 6) is 0.0161. The van der Waals surface area contributed by atoms with E-state index < -0.39 is 12.1 Å². The number of likely N-dealkylation sites (tertiary alicyclic amines) is 1. The maximum absolute atomic E-state index is 10.8. The summed E-state index contributed by atoms with van der Waals surface area (Å²) in [6, 6.07) is -0.433. The molecule has 1 atom stereocenters. The fourth-order valence-electron chi connectivity index (χ4n) is 1.07. The average Bonchev–Trinajstić information content (AvgIpc) is 2.14. The molecule has 1 amide bonds. The maximum Gasteiger partial charge on any atom is 0.407 e. The molecule has 0 saturated carbocycles. The molecule has 10 heavy (non-hydrogen) atoms. The van der Waals surface area contributed by atoms with Gasteiger partial charge >= 0.3 is 6.09 Å². The van der Waals surface area contributed by atoms with Crippen molar-refractivity contribution >= 4 is 11.9 Å². The predicted octanol–water partition coefficient (Wildman–Crippen LogP) is 0.328. The molecule has 4 nitrogen and oxygen atoms in total. The van der Waals surface area contributed by atoms with Gasteiger partial charge in [-0.2, -0.15) is 0 Å². The van der Waals surface area contributed by atoms with E-state index in [9.17, 15) is 9.59 Å². The number of ketones is 1. The summed E-state index contributed by atoms with van der Waals surface area (Å²) in [5.41, 5.74) is 0. The van der Waals surface area contributed by atoms with Crippen molar-refractivity contribution in [3.05, 3.63) is 0 Å². The fourth-order valence-corrected chi connectivity index (χ4v) is 1.07. The SMILES string of the molecule is C[C@H]1C(=O)CCN1C(=O)O. The predicted molar refractivity (Wildman–Crippen MR) is 33.8 cm³/mol. The van der Waals surface area contributed by atoms with Crippen LogP contribution in [0.4, 0.5) is 4.79 Å². The first-order valence-corrected chi connectivity index (χ1v) is 3.15. The van der Waals surface area contributed by atoms with Crippen LogP contribution in [0.3, 0.4) is 0 Å². The Bertz CT molecular complexity index is 178. The Balaban J connectivity index is 2.66. The second kappa shape index (κ2) is 2.28. The zero-order chi connectivity index (χ0) is 7.72. The van der Waals surface area contributed by atoms with E-state index in [1.54, 1.807) is 6.92 Å². The van der Waals surface area contributed by atoms with E-state index in [2.05, 4.69) is 0 Å². The molecule has 1 aliphatic rings. The minimum absolute atomic E-state index is 0.0161. The molecule has 0 aliphatic carbocycles. The van der Waals surface area contributed by atoms with Crippen molar-refractivity contribution in [2.75, 3.05) is 6.54 Å². The number of hydrogen-bond donors (Lipinski definition) is 1. The number of rotatable bonds is 0. The highest BCUT2D eigenvalue weighted by molar-refractivity contribution is 5.89. The van der Waals surface area contributed by atoms with Crippen LogP contribution in [0.5, 0.6) is 0 Å². The molecule has 1 rings (SSSR count). The van der Waals surface area contributed by atoms with E-state index in [-0.39, 0.29) is 5.78 Å². The van der Waals surface area contributed by atoms with Crippen LogP contribution in [0.2, 0.25) is 0 Å². The van der Waals surface area contributed by atoms with Gasteiger partial charge < -0.3 is 5.11 Å². The van der Waals surface area contributed by atoms with Crippen LogP contribution in [-0.4, -0.2) is 34.5 Å². The average molecular weight is 143 g/mol. The first-order chi connectivity index (χ1) is 4.63. The Hall–Kier alpha value is -1.06. The third kappa shape index (κ3) is 0.964. The number of hydrogen-bond acceptors (Lipinski definition) is 2. The van der Waals surface area contributed by atoms with Gasteiger partial charge in [-0.05, 0) is 6.92 Å². The molecule has 0 radical (unpaired) electrons. The van der Waals surface area contributed by atoms with E-state index in [1.807, 2.05) is 0 Å². The van der Waals surface area contributed by atoms with Gasteiger partial charge in [0.1, 0.15) is 0 Å². The largest absolute Gasteiger partial charge is 0.465 e. The molecule has 0 bridgehead atoms. The van der Waals surface area contributed by atoms with Crippen molar-refractivity contribution in [1.29, 1.82) is 0 Å². The standard InChI is InChI=1S/C6H9NO3/c1-4-5(8)2-3-7(4)6(9)10/h4H,2-3H2,1H3,(H,9,10)/t4-/m0/s1. The summed E-state index contributed by atoms with van der Waals surface area (Å²) in [6.07, 6.45) is -0.633. The Morgan fingerprint density at radius 1 is 1.80 bits per heavy atom. The smallest absolute Gasteiger partial charge is 0.407 e. The molecule has 0 aromatic rings.